The topological polar surface area (TPSA) is 64.1 Å². The number of aromatic nitrogens is 2. The van der Waals surface area contributed by atoms with Crippen molar-refractivity contribution in [3.63, 3.8) is 0 Å². The Hall–Kier alpha value is -1.39. The van der Waals surface area contributed by atoms with Crippen molar-refractivity contribution in [3.8, 4) is 0 Å². The number of aryl methyl sites for hydroxylation is 1. The number of hydrogen-bond donors (Lipinski definition) is 2. The van der Waals surface area contributed by atoms with Gasteiger partial charge in [-0.1, -0.05) is 32.9 Å². The first-order valence-corrected chi connectivity index (χ1v) is 7.19. The monoisotopic (exact) mass is 275 g/mol. The first-order valence-electron chi connectivity index (χ1n) is 7.19. The zero-order chi connectivity index (χ0) is 15.0. The average molecular weight is 275 g/mol. The van der Waals surface area contributed by atoms with Crippen molar-refractivity contribution in [2.45, 2.75) is 46.3 Å². The van der Waals surface area contributed by atoms with Gasteiger partial charge in [-0.15, -0.1) is 0 Å². The third-order valence-electron chi connectivity index (χ3n) is 4.23. The van der Waals surface area contributed by atoms with Crippen LogP contribution in [0.1, 0.15) is 33.5 Å². The summed E-state index contributed by atoms with van der Waals surface area (Å²) in [6.45, 7) is 9.19. The molecule has 0 fully saturated rings. The van der Waals surface area contributed by atoms with Crippen molar-refractivity contribution in [3.05, 3.63) is 30.1 Å². The Morgan fingerprint density at radius 1 is 1.25 bits per heavy atom. The van der Waals surface area contributed by atoms with Crippen LogP contribution in [0.3, 0.4) is 0 Å². The van der Waals surface area contributed by atoms with Gasteiger partial charge in [0.2, 0.25) is 0 Å². The van der Waals surface area contributed by atoms with E-state index in [1.807, 2.05) is 39.0 Å². The second-order valence-corrected chi connectivity index (χ2v) is 6.42. The highest BCUT2D eigenvalue weighted by Gasteiger charge is 2.40. The van der Waals surface area contributed by atoms with Crippen molar-refractivity contribution >= 4 is 11.0 Å². The Kier molecular flexibility index (Phi) is 3.89. The fourth-order valence-electron chi connectivity index (χ4n) is 2.52. The van der Waals surface area contributed by atoms with Gasteiger partial charge in [0.15, 0.2) is 0 Å². The number of aliphatic hydroxyl groups is 1. The quantitative estimate of drug-likeness (QED) is 0.900. The molecule has 2 aromatic rings. The van der Waals surface area contributed by atoms with Gasteiger partial charge in [-0.2, -0.15) is 0 Å². The first kappa shape index (κ1) is 15.0. The van der Waals surface area contributed by atoms with Crippen molar-refractivity contribution in [1.82, 2.24) is 9.55 Å². The maximum Gasteiger partial charge on any atom is 0.112 e. The first-order chi connectivity index (χ1) is 9.32. The molecule has 0 bridgehead atoms. The van der Waals surface area contributed by atoms with Gasteiger partial charge in [0, 0.05) is 19.5 Å². The Morgan fingerprint density at radius 3 is 2.45 bits per heavy atom. The zero-order valence-electron chi connectivity index (χ0n) is 12.8. The summed E-state index contributed by atoms with van der Waals surface area (Å²) in [7, 11) is 0. The summed E-state index contributed by atoms with van der Waals surface area (Å²) in [5, 5.41) is 10.9. The average Bonchev–Trinajstić information content (AvgIpc) is 2.74. The predicted molar refractivity (Wildman–Crippen MR) is 82.6 cm³/mol. The van der Waals surface area contributed by atoms with Crippen molar-refractivity contribution in [2.75, 3.05) is 6.54 Å². The fraction of sp³-hybridized carbons (Fsp3) is 0.562. The van der Waals surface area contributed by atoms with E-state index in [4.69, 9.17) is 5.73 Å². The van der Waals surface area contributed by atoms with Crippen LogP contribution < -0.4 is 5.73 Å². The standard InChI is InChI=1S/C16H25N3O/c1-5-19-13-9-7-6-8-12(13)18-14(19)10-16(20,11-17)15(2,3)4/h6-9,20H,5,10-11,17H2,1-4H3. The molecule has 1 unspecified atom stereocenters. The lowest BCUT2D eigenvalue weighted by Gasteiger charge is -2.39. The Balaban J connectivity index is 2.48. The molecule has 1 atom stereocenters. The Labute approximate surface area is 120 Å². The van der Waals surface area contributed by atoms with Crippen LogP contribution in [0.25, 0.3) is 11.0 Å². The smallest absolute Gasteiger partial charge is 0.112 e. The molecule has 2 rings (SSSR count). The SMILES string of the molecule is CCn1c(CC(O)(CN)C(C)(C)C)nc2ccccc21. The summed E-state index contributed by atoms with van der Waals surface area (Å²) >= 11 is 0. The largest absolute Gasteiger partial charge is 0.388 e. The normalized spacial score (nSPS) is 15.5. The van der Waals surface area contributed by atoms with Gasteiger partial charge in [0.1, 0.15) is 5.82 Å². The number of imidazole rings is 1. The van der Waals surface area contributed by atoms with Crippen LogP contribution in [0.15, 0.2) is 24.3 Å². The van der Waals surface area contributed by atoms with E-state index in [9.17, 15) is 5.11 Å². The summed E-state index contributed by atoms with van der Waals surface area (Å²) < 4.78 is 2.15. The molecule has 1 heterocycles. The number of hydrogen-bond acceptors (Lipinski definition) is 3. The van der Waals surface area contributed by atoms with Gasteiger partial charge in [0.25, 0.3) is 0 Å². The number of benzene rings is 1. The van der Waals surface area contributed by atoms with E-state index in [1.165, 1.54) is 0 Å². The lowest BCUT2D eigenvalue weighted by atomic mass is 9.74. The molecule has 0 amide bonds. The highest BCUT2D eigenvalue weighted by molar-refractivity contribution is 5.75. The molecule has 0 radical (unpaired) electrons. The fourth-order valence-corrected chi connectivity index (χ4v) is 2.52. The maximum atomic E-state index is 10.9. The Morgan fingerprint density at radius 2 is 1.90 bits per heavy atom. The van der Waals surface area contributed by atoms with Crippen LogP contribution in [-0.2, 0) is 13.0 Å². The van der Waals surface area contributed by atoms with Gasteiger partial charge in [-0.25, -0.2) is 4.98 Å². The maximum absolute atomic E-state index is 10.9. The third-order valence-corrected chi connectivity index (χ3v) is 4.23. The molecule has 0 aliphatic heterocycles. The number of nitrogens with zero attached hydrogens (tertiary/aromatic N) is 2. The van der Waals surface area contributed by atoms with Crippen molar-refractivity contribution in [2.24, 2.45) is 11.1 Å². The summed E-state index contributed by atoms with van der Waals surface area (Å²) in [5.41, 5.74) is 6.67. The molecule has 0 spiro atoms. The van der Waals surface area contributed by atoms with Gasteiger partial charge < -0.3 is 15.4 Å². The highest BCUT2D eigenvalue weighted by atomic mass is 16.3. The van der Waals surface area contributed by atoms with E-state index < -0.39 is 5.60 Å². The number of fused-ring (bicyclic) bond motifs is 1. The molecule has 0 aliphatic rings. The summed E-state index contributed by atoms with van der Waals surface area (Å²) in [6, 6.07) is 8.06. The number of para-hydroxylation sites is 2. The molecular weight excluding hydrogens is 250 g/mol. The van der Waals surface area contributed by atoms with Crippen LogP contribution in [0, 0.1) is 5.41 Å². The molecule has 20 heavy (non-hydrogen) atoms. The second-order valence-electron chi connectivity index (χ2n) is 6.42. The van der Waals surface area contributed by atoms with E-state index in [2.05, 4.69) is 22.5 Å². The molecular formula is C16H25N3O. The molecule has 0 aliphatic carbocycles. The molecule has 4 nitrogen and oxygen atoms in total. The molecule has 1 aromatic heterocycles. The highest BCUT2D eigenvalue weighted by Crippen LogP contribution is 2.33. The van der Waals surface area contributed by atoms with E-state index in [-0.39, 0.29) is 12.0 Å². The summed E-state index contributed by atoms with van der Waals surface area (Å²) in [6.07, 6.45) is 0.468. The van der Waals surface area contributed by atoms with Crippen LogP contribution in [-0.4, -0.2) is 26.8 Å². The summed E-state index contributed by atoms with van der Waals surface area (Å²) in [5.74, 6) is 0.900. The molecule has 0 saturated heterocycles. The molecule has 0 saturated carbocycles. The number of nitrogens with two attached hydrogens (primary N) is 1. The van der Waals surface area contributed by atoms with Gasteiger partial charge in [-0.3, -0.25) is 0 Å². The van der Waals surface area contributed by atoms with Gasteiger partial charge >= 0.3 is 0 Å². The summed E-state index contributed by atoms with van der Waals surface area (Å²) in [4.78, 5) is 4.68. The van der Waals surface area contributed by atoms with E-state index in [0.717, 1.165) is 23.4 Å². The minimum Gasteiger partial charge on any atom is -0.388 e. The van der Waals surface area contributed by atoms with Gasteiger partial charge in [0.05, 0.1) is 16.6 Å². The molecule has 4 heteroatoms. The number of rotatable bonds is 4. The van der Waals surface area contributed by atoms with Crippen LogP contribution >= 0.6 is 0 Å². The predicted octanol–water partition coefficient (Wildman–Crippen LogP) is 2.33. The van der Waals surface area contributed by atoms with E-state index in [0.29, 0.717) is 6.42 Å². The molecule has 110 valence electrons. The second kappa shape index (κ2) is 5.19. The third kappa shape index (κ3) is 2.45. The molecule has 3 N–H and O–H groups in total. The zero-order valence-corrected chi connectivity index (χ0v) is 12.8. The van der Waals surface area contributed by atoms with Crippen LogP contribution in [0.5, 0.6) is 0 Å². The van der Waals surface area contributed by atoms with E-state index >= 15 is 0 Å². The Bertz CT molecular complexity index is 597. The lowest BCUT2D eigenvalue weighted by Crippen LogP contribution is -2.51. The van der Waals surface area contributed by atoms with Crippen molar-refractivity contribution < 1.29 is 5.11 Å². The lowest BCUT2D eigenvalue weighted by molar-refractivity contribution is -0.0509. The van der Waals surface area contributed by atoms with Crippen LogP contribution in [0.2, 0.25) is 0 Å². The van der Waals surface area contributed by atoms with Gasteiger partial charge in [-0.05, 0) is 24.5 Å². The minimum atomic E-state index is -0.957. The van der Waals surface area contributed by atoms with Crippen LogP contribution in [0.4, 0.5) is 0 Å². The van der Waals surface area contributed by atoms with E-state index in [1.54, 1.807) is 0 Å². The molecule has 1 aromatic carbocycles. The van der Waals surface area contributed by atoms with Crippen molar-refractivity contribution in [1.29, 1.82) is 0 Å². The minimum absolute atomic E-state index is 0.226.